The predicted octanol–water partition coefficient (Wildman–Crippen LogP) is 1.97. The number of carbonyl (C=O) groups is 1. The number of benzene rings is 1. The van der Waals surface area contributed by atoms with Crippen LogP contribution >= 0.6 is 22.6 Å². The van der Waals surface area contributed by atoms with E-state index in [0.29, 0.717) is 9.26 Å². The van der Waals surface area contributed by atoms with Gasteiger partial charge in [0.15, 0.2) is 0 Å². The SMILES string of the molecule is CNC(=O)C1CCN(c2cc(F)c(I)cc2N)CC1. The lowest BCUT2D eigenvalue weighted by Gasteiger charge is -2.33. The van der Waals surface area contributed by atoms with Crippen LogP contribution in [0.5, 0.6) is 0 Å². The molecule has 1 fully saturated rings. The summed E-state index contributed by atoms with van der Waals surface area (Å²) in [5.74, 6) is -0.115. The van der Waals surface area contributed by atoms with E-state index in [2.05, 4.69) is 5.32 Å². The van der Waals surface area contributed by atoms with E-state index in [0.717, 1.165) is 31.6 Å². The van der Waals surface area contributed by atoms with Crippen LogP contribution in [-0.4, -0.2) is 26.0 Å². The molecule has 2 rings (SSSR count). The number of nitrogens with zero attached hydrogens (tertiary/aromatic N) is 1. The number of hydrogen-bond donors (Lipinski definition) is 2. The van der Waals surface area contributed by atoms with Crippen molar-refractivity contribution in [3.63, 3.8) is 0 Å². The second kappa shape index (κ2) is 5.94. The first-order valence-electron chi connectivity index (χ1n) is 6.24. The van der Waals surface area contributed by atoms with Crippen molar-refractivity contribution < 1.29 is 9.18 Å². The van der Waals surface area contributed by atoms with Crippen molar-refractivity contribution in [3.8, 4) is 0 Å². The molecular formula is C13H17FIN3O. The first kappa shape index (κ1) is 14.4. The highest BCUT2D eigenvalue weighted by molar-refractivity contribution is 14.1. The number of carbonyl (C=O) groups excluding carboxylic acids is 1. The molecule has 1 amide bonds. The molecule has 0 bridgehead atoms. The van der Waals surface area contributed by atoms with Crippen molar-refractivity contribution in [2.75, 3.05) is 30.8 Å². The number of hydrogen-bond acceptors (Lipinski definition) is 3. The Morgan fingerprint density at radius 2 is 2.11 bits per heavy atom. The van der Waals surface area contributed by atoms with Crippen molar-refractivity contribution in [2.45, 2.75) is 12.8 Å². The summed E-state index contributed by atoms with van der Waals surface area (Å²) in [5.41, 5.74) is 7.27. The lowest BCUT2D eigenvalue weighted by molar-refractivity contribution is -0.125. The largest absolute Gasteiger partial charge is 0.397 e. The van der Waals surface area contributed by atoms with Crippen molar-refractivity contribution in [1.82, 2.24) is 5.32 Å². The van der Waals surface area contributed by atoms with Gasteiger partial charge in [0.05, 0.1) is 14.9 Å². The summed E-state index contributed by atoms with van der Waals surface area (Å²) in [6, 6.07) is 3.13. The molecule has 19 heavy (non-hydrogen) atoms. The summed E-state index contributed by atoms with van der Waals surface area (Å²) < 4.78 is 14.1. The van der Waals surface area contributed by atoms with E-state index in [-0.39, 0.29) is 17.6 Å². The zero-order valence-electron chi connectivity index (χ0n) is 10.7. The number of nitrogen functional groups attached to an aromatic ring is 1. The quantitative estimate of drug-likeness (QED) is 0.612. The van der Waals surface area contributed by atoms with Crippen LogP contribution < -0.4 is 16.0 Å². The number of rotatable bonds is 2. The van der Waals surface area contributed by atoms with E-state index >= 15 is 0 Å². The molecule has 1 aliphatic heterocycles. The van der Waals surface area contributed by atoms with Crippen LogP contribution in [0.25, 0.3) is 0 Å². The fraction of sp³-hybridized carbons (Fsp3) is 0.462. The zero-order chi connectivity index (χ0) is 14.0. The number of anilines is 2. The zero-order valence-corrected chi connectivity index (χ0v) is 12.9. The molecule has 1 aromatic rings. The molecular weight excluding hydrogens is 360 g/mol. The van der Waals surface area contributed by atoms with Gasteiger partial charge >= 0.3 is 0 Å². The van der Waals surface area contributed by atoms with Gasteiger partial charge in [0, 0.05) is 32.1 Å². The maximum Gasteiger partial charge on any atom is 0.222 e. The first-order chi connectivity index (χ1) is 9.02. The lowest BCUT2D eigenvalue weighted by Crippen LogP contribution is -2.39. The smallest absolute Gasteiger partial charge is 0.222 e. The molecule has 4 nitrogen and oxygen atoms in total. The van der Waals surface area contributed by atoms with Gasteiger partial charge in [-0.3, -0.25) is 4.79 Å². The third-order valence-corrected chi connectivity index (χ3v) is 4.35. The van der Waals surface area contributed by atoms with Crippen molar-refractivity contribution in [2.24, 2.45) is 5.92 Å². The van der Waals surface area contributed by atoms with E-state index in [9.17, 15) is 9.18 Å². The molecule has 3 N–H and O–H groups in total. The Morgan fingerprint density at radius 3 is 2.68 bits per heavy atom. The molecule has 0 aromatic heterocycles. The van der Waals surface area contributed by atoms with E-state index in [1.807, 2.05) is 27.5 Å². The molecule has 0 radical (unpaired) electrons. The fourth-order valence-electron chi connectivity index (χ4n) is 2.41. The van der Waals surface area contributed by atoms with Gasteiger partial charge in [0.25, 0.3) is 0 Å². The van der Waals surface area contributed by atoms with Crippen LogP contribution in [0.4, 0.5) is 15.8 Å². The second-order valence-corrected chi connectivity index (χ2v) is 5.86. The van der Waals surface area contributed by atoms with Gasteiger partial charge in [-0.1, -0.05) is 0 Å². The van der Waals surface area contributed by atoms with Crippen LogP contribution in [0.15, 0.2) is 12.1 Å². The summed E-state index contributed by atoms with van der Waals surface area (Å²) in [6.07, 6.45) is 1.54. The molecule has 0 unspecified atom stereocenters. The number of halogens is 2. The van der Waals surface area contributed by atoms with Gasteiger partial charge in [0.1, 0.15) is 5.82 Å². The van der Waals surface area contributed by atoms with Crippen molar-refractivity contribution >= 4 is 39.9 Å². The van der Waals surface area contributed by atoms with Crippen LogP contribution in [0.1, 0.15) is 12.8 Å². The molecule has 0 aliphatic carbocycles. The second-order valence-electron chi connectivity index (χ2n) is 4.70. The summed E-state index contributed by atoms with van der Waals surface area (Å²) >= 11 is 1.93. The molecule has 0 atom stereocenters. The fourth-order valence-corrected chi connectivity index (χ4v) is 2.90. The molecule has 0 spiro atoms. The van der Waals surface area contributed by atoms with Crippen LogP contribution in [0.3, 0.4) is 0 Å². The monoisotopic (exact) mass is 377 g/mol. The Balaban J connectivity index is 2.10. The maximum absolute atomic E-state index is 13.6. The Hall–Kier alpha value is -1.05. The van der Waals surface area contributed by atoms with E-state index in [1.165, 1.54) is 6.07 Å². The average molecular weight is 377 g/mol. The highest BCUT2D eigenvalue weighted by Gasteiger charge is 2.25. The highest BCUT2D eigenvalue weighted by Crippen LogP contribution is 2.30. The molecule has 6 heteroatoms. The molecule has 1 heterocycles. The van der Waals surface area contributed by atoms with E-state index < -0.39 is 0 Å². The third-order valence-electron chi connectivity index (χ3n) is 3.52. The minimum atomic E-state index is -0.252. The Kier molecular flexibility index (Phi) is 4.49. The maximum atomic E-state index is 13.6. The number of amides is 1. The summed E-state index contributed by atoms with van der Waals surface area (Å²) in [5, 5.41) is 2.67. The molecule has 1 saturated heterocycles. The number of piperidine rings is 1. The van der Waals surface area contributed by atoms with Crippen LogP contribution in [0, 0.1) is 15.3 Å². The summed E-state index contributed by atoms with van der Waals surface area (Å²) in [6.45, 7) is 1.45. The highest BCUT2D eigenvalue weighted by atomic mass is 127. The number of nitrogens with two attached hydrogens (primary N) is 1. The van der Waals surface area contributed by atoms with Gasteiger partial charge in [-0.05, 0) is 41.5 Å². The molecule has 1 aliphatic rings. The molecule has 1 aromatic carbocycles. The third kappa shape index (κ3) is 3.10. The van der Waals surface area contributed by atoms with Crippen LogP contribution in [-0.2, 0) is 4.79 Å². The Bertz CT molecular complexity index is 487. The van der Waals surface area contributed by atoms with Crippen molar-refractivity contribution in [1.29, 1.82) is 0 Å². The van der Waals surface area contributed by atoms with Gasteiger partial charge < -0.3 is 16.0 Å². The van der Waals surface area contributed by atoms with Gasteiger partial charge in [-0.25, -0.2) is 4.39 Å². The Morgan fingerprint density at radius 1 is 1.47 bits per heavy atom. The summed E-state index contributed by atoms with van der Waals surface area (Å²) in [7, 11) is 1.65. The van der Waals surface area contributed by atoms with E-state index in [1.54, 1.807) is 13.1 Å². The minimum Gasteiger partial charge on any atom is -0.397 e. The van der Waals surface area contributed by atoms with Gasteiger partial charge in [0.2, 0.25) is 5.91 Å². The van der Waals surface area contributed by atoms with Crippen LogP contribution in [0.2, 0.25) is 0 Å². The number of nitrogens with one attached hydrogen (secondary N) is 1. The minimum absolute atomic E-state index is 0.0520. The predicted molar refractivity (Wildman–Crippen MR) is 82.5 cm³/mol. The standard InChI is InChI=1S/C13H17FIN3O/c1-17-13(19)8-2-4-18(5-3-8)12-6-9(14)10(15)7-11(12)16/h6-8H,2-5,16H2,1H3,(H,17,19). The lowest BCUT2D eigenvalue weighted by atomic mass is 9.95. The first-order valence-corrected chi connectivity index (χ1v) is 7.32. The van der Waals surface area contributed by atoms with Crippen molar-refractivity contribution in [3.05, 3.63) is 21.5 Å². The average Bonchev–Trinajstić information content (AvgIpc) is 2.42. The normalized spacial score (nSPS) is 16.5. The van der Waals surface area contributed by atoms with Gasteiger partial charge in [-0.15, -0.1) is 0 Å². The topological polar surface area (TPSA) is 58.4 Å². The van der Waals surface area contributed by atoms with E-state index in [4.69, 9.17) is 5.73 Å². The Labute approximate surface area is 125 Å². The van der Waals surface area contributed by atoms with Gasteiger partial charge in [-0.2, -0.15) is 0 Å². The molecule has 0 saturated carbocycles. The summed E-state index contributed by atoms with van der Waals surface area (Å²) in [4.78, 5) is 13.6. The molecule has 104 valence electrons.